The minimum absolute atomic E-state index is 0.0356. The second kappa shape index (κ2) is 6.87. The summed E-state index contributed by atoms with van der Waals surface area (Å²) in [6.07, 6.45) is -0.120. The van der Waals surface area contributed by atoms with Crippen LogP contribution in [-0.2, 0) is 21.4 Å². The summed E-state index contributed by atoms with van der Waals surface area (Å²) < 4.78 is 6.00. The van der Waals surface area contributed by atoms with Crippen LogP contribution in [0.25, 0.3) is 0 Å². The van der Waals surface area contributed by atoms with E-state index >= 15 is 0 Å². The number of ether oxygens (including phenoxy) is 1. The molecule has 0 bridgehead atoms. The summed E-state index contributed by atoms with van der Waals surface area (Å²) >= 11 is 0. The first kappa shape index (κ1) is 16.7. The third kappa shape index (κ3) is 4.04. The molecular weight excluding hydrogens is 278 g/mol. The van der Waals surface area contributed by atoms with E-state index in [-0.39, 0.29) is 12.8 Å². The van der Waals surface area contributed by atoms with E-state index in [0.717, 1.165) is 0 Å². The van der Waals surface area contributed by atoms with Gasteiger partial charge >= 0.3 is 11.9 Å². The molecule has 0 aliphatic carbocycles. The van der Waals surface area contributed by atoms with Crippen molar-refractivity contribution in [1.82, 2.24) is 15.1 Å². The van der Waals surface area contributed by atoms with Crippen LogP contribution in [0.15, 0.2) is 0 Å². The number of carboxylic acid groups (broad SMARTS) is 1. The highest BCUT2D eigenvalue weighted by Crippen LogP contribution is 2.12. The van der Waals surface area contributed by atoms with Crippen LogP contribution in [0.3, 0.4) is 0 Å². The van der Waals surface area contributed by atoms with Gasteiger partial charge in [-0.15, -0.1) is 0 Å². The molecule has 2 N–H and O–H groups in total. The molecule has 1 amide bonds. The number of carbonyl (C=O) groups excluding carboxylic acids is 2. The second-order valence-corrected chi connectivity index (χ2v) is 4.65. The molecule has 21 heavy (non-hydrogen) atoms. The molecule has 1 rings (SSSR count). The van der Waals surface area contributed by atoms with E-state index < -0.39 is 23.9 Å². The van der Waals surface area contributed by atoms with Gasteiger partial charge in [-0.2, -0.15) is 5.10 Å². The van der Waals surface area contributed by atoms with Gasteiger partial charge in [-0.05, 0) is 20.3 Å². The molecule has 116 valence electrons. The number of methoxy groups -OCH3 is 1. The minimum Gasteiger partial charge on any atom is -0.480 e. The van der Waals surface area contributed by atoms with Gasteiger partial charge in [0.1, 0.15) is 6.04 Å². The molecule has 0 radical (unpaired) electrons. The van der Waals surface area contributed by atoms with Crippen LogP contribution in [0.1, 0.15) is 34.6 Å². The van der Waals surface area contributed by atoms with Crippen LogP contribution in [0.2, 0.25) is 0 Å². The standard InChI is InChI=1S/C13H19N3O5/c1-7-11(8(2)16(3)15-7)12(18)14-9(13(19)20)5-6-10(17)21-4/h9H,5-6H2,1-4H3,(H,14,18)(H,19,20). The van der Waals surface area contributed by atoms with E-state index in [9.17, 15) is 14.4 Å². The molecule has 0 saturated heterocycles. The van der Waals surface area contributed by atoms with Crippen molar-refractivity contribution in [3.05, 3.63) is 17.0 Å². The number of aliphatic carboxylic acids is 1. The average Bonchev–Trinajstić information content (AvgIpc) is 2.67. The zero-order valence-electron chi connectivity index (χ0n) is 12.5. The van der Waals surface area contributed by atoms with Gasteiger partial charge < -0.3 is 15.2 Å². The third-order valence-electron chi connectivity index (χ3n) is 3.20. The van der Waals surface area contributed by atoms with Crippen LogP contribution in [0.5, 0.6) is 0 Å². The van der Waals surface area contributed by atoms with E-state index in [1.54, 1.807) is 25.6 Å². The summed E-state index contributed by atoms with van der Waals surface area (Å²) in [5, 5.41) is 15.6. The van der Waals surface area contributed by atoms with Gasteiger partial charge in [0.15, 0.2) is 0 Å². The number of rotatable bonds is 6. The number of amides is 1. The van der Waals surface area contributed by atoms with Crippen LogP contribution in [0.4, 0.5) is 0 Å². The van der Waals surface area contributed by atoms with Crippen molar-refractivity contribution in [2.75, 3.05) is 7.11 Å². The van der Waals surface area contributed by atoms with Crippen molar-refractivity contribution in [2.24, 2.45) is 7.05 Å². The lowest BCUT2D eigenvalue weighted by Crippen LogP contribution is -2.41. The predicted molar refractivity (Wildman–Crippen MR) is 72.8 cm³/mol. The number of hydrogen-bond acceptors (Lipinski definition) is 5. The molecule has 8 heteroatoms. The fourth-order valence-corrected chi connectivity index (χ4v) is 1.95. The topological polar surface area (TPSA) is 111 Å². The number of hydrogen-bond donors (Lipinski definition) is 2. The molecule has 0 fully saturated rings. The molecule has 0 aliphatic heterocycles. The highest BCUT2D eigenvalue weighted by molar-refractivity contribution is 5.98. The van der Waals surface area contributed by atoms with E-state index in [2.05, 4.69) is 15.2 Å². The van der Waals surface area contributed by atoms with Crippen LogP contribution in [0, 0.1) is 13.8 Å². The highest BCUT2D eigenvalue weighted by Gasteiger charge is 2.25. The third-order valence-corrected chi connectivity index (χ3v) is 3.20. The quantitative estimate of drug-likeness (QED) is 0.724. The number of nitrogens with one attached hydrogen (secondary N) is 1. The first-order valence-electron chi connectivity index (χ1n) is 6.38. The summed E-state index contributed by atoms with van der Waals surface area (Å²) in [5.74, 6) is -2.24. The summed E-state index contributed by atoms with van der Waals surface area (Å²) in [4.78, 5) is 34.4. The van der Waals surface area contributed by atoms with Gasteiger partial charge in [0, 0.05) is 19.2 Å². The lowest BCUT2D eigenvalue weighted by Gasteiger charge is -2.14. The van der Waals surface area contributed by atoms with Crippen LogP contribution < -0.4 is 5.32 Å². The molecule has 0 spiro atoms. The van der Waals surface area contributed by atoms with Gasteiger partial charge in [0.05, 0.1) is 18.4 Å². The lowest BCUT2D eigenvalue weighted by molar-refractivity contribution is -0.142. The number of aromatic nitrogens is 2. The largest absolute Gasteiger partial charge is 0.480 e. The Morgan fingerprint density at radius 2 is 2.00 bits per heavy atom. The van der Waals surface area contributed by atoms with Gasteiger partial charge in [0.2, 0.25) is 0 Å². The second-order valence-electron chi connectivity index (χ2n) is 4.65. The van der Waals surface area contributed by atoms with Crippen LogP contribution >= 0.6 is 0 Å². The highest BCUT2D eigenvalue weighted by atomic mass is 16.5. The molecule has 1 aromatic rings. The Hall–Kier alpha value is -2.38. The Morgan fingerprint density at radius 3 is 2.43 bits per heavy atom. The Balaban J connectivity index is 2.81. The monoisotopic (exact) mass is 297 g/mol. The van der Waals surface area contributed by atoms with Gasteiger partial charge in [-0.3, -0.25) is 14.3 Å². The lowest BCUT2D eigenvalue weighted by atomic mass is 10.1. The van der Waals surface area contributed by atoms with Crippen molar-refractivity contribution in [1.29, 1.82) is 0 Å². The summed E-state index contributed by atoms with van der Waals surface area (Å²) in [6, 6.07) is -1.16. The Morgan fingerprint density at radius 1 is 1.38 bits per heavy atom. The molecule has 1 heterocycles. The van der Waals surface area contributed by atoms with Crippen molar-refractivity contribution >= 4 is 17.8 Å². The van der Waals surface area contributed by atoms with Gasteiger partial charge in [-0.25, -0.2) is 4.79 Å². The smallest absolute Gasteiger partial charge is 0.326 e. The molecule has 8 nitrogen and oxygen atoms in total. The van der Waals surface area contributed by atoms with E-state index in [1.807, 2.05) is 0 Å². The first-order chi connectivity index (χ1) is 9.77. The predicted octanol–water partition coefficient (Wildman–Crippen LogP) is 0.173. The minimum atomic E-state index is -1.20. The fraction of sp³-hybridized carbons (Fsp3) is 0.538. The molecular formula is C13H19N3O5. The van der Waals surface area contributed by atoms with E-state index in [4.69, 9.17) is 5.11 Å². The van der Waals surface area contributed by atoms with Crippen molar-refractivity contribution in [2.45, 2.75) is 32.7 Å². The molecule has 1 unspecified atom stereocenters. The number of esters is 1. The molecule has 0 aromatic carbocycles. The van der Waals surface area contributed by atoms with Gasteiger partial charge in [-0.1, -0.05) is 0 Å². The van der Waals surface area contributed by atoms with Crippen molar-refractivity contribution in [3.63, 3.8) is 0 Å². The maximum Gasteiger partial charge on any atom is 0.326 e. The Bertz CT molecular complexity index is 564. The maximum absolute atomic E-state index is 12.2. The number of nitrogens with zero attached hydrogens (tertiary/aromatic N) is 2. The van der Waals surface area contributed by atoms with Crippen molar-refractivity contribution < 1.29 is 24.2 Å². The number of carbonyl (C=O) groups is 3. The van der Waals surface area contributed by atoms with E-state index in [1.165, 1.54) is 7.11 Å². The summed E-state index contributed by atoms with van der Waals surface area (Å²) in [7, 11) is 2.92. The maximum atomic E-state index is 12.2. The molecule has 1 atom stereocenters. The van der Waals surface area contributed by atoms with Gasteiger partial charge in [0.25, 0.3) is 5.91 Å². The molecule has 0 saturated carbocycles. The first-order valence-corrected chi connectivity index (χ1v) is 6.38. The van der Waals surface area contributed by atoms with E-state index in [0.29, 0.717) is 17.0 Å². The zero-order chi connectivity index (χ0) is 16.2. The number of aryl methyl sites for hydroxylation is 2. The zero-order valence-corrected chi connectivity index (χ0v) is 12.5. The van der Waals surface area contributed by atoms with Crippen LogP contribution in [-0.4, -0.2) is 45.9 Å². The Labute approximate surface area is 122 Å². The molecule has 0 aliphatic rings. The Kier molecular flexibility index (Phi) is 5.45. The summed E-state index contributed by atoms with van der Waals surface area (Å²) in [5.41, 5.74) is 1.51. The van der Waals surface area contributed by atoms with Crippen molar-refractivity contribution in [3.8, 4) is 0 Å². The summed E-state index contributed by atoms with van der Waals surface area (Å²) in [6.45, 7) is 3.39. The number of carboxylic acids is 1. The normalized spacial score (nSPS) is 11.8. The fourth-order valence-electron chi connectivity index (χ4n) is 1.95. The average molecular weight is 297 g/mol. The molecule has 1 aromatic heterocycles. The SMILES string of the molecule is COC(=O)CCC(NC(=O)c1c(C)nn(C)c1C)C(=O)O.